The van der Waals surface area contributed by atoms with Crippen LogP contribution in [0.25, 0.3) is 22.4 Å². The number of benzene rings is 2. The highest BCUT2D eigenvalue weighted by atomic mass is 16.5. The number of nitrogens with one attached hydrogen (secondary N) is 3. The lowest BCUT2D eigenvalue weighted by molar-refractivity contribution is 0.0212. The van der Waals surface area contributed by atoms with Crippen LogP contribution in [0.4, 0.5) is 11.5 Å². The number of hydrogen-bond acceptors (Lipinski definition) is 7. The highest BCUT2D eigenvalue weighted by Crippen LogP contribution is 2.26. The van der Waals surface area contributed by atoms with Gasteiger partial charge in [0.05, 0.1) is 37.0 Å². The Morgan fingerprint density at radius 2 is 1.92 bits per heavy atom. The van der Waals surface area contributed by atoms with E-state index >= 15 is 0 Å². The van der Waals surface area contributed by atoms with Gasteiger partial charge in [0, 0.05) is 30.5 Å². The van der Waals surface area contributed by atoms with E-state index in [4.69, 9.17) is 14.5 Å². The number of nitrogens with zero attached hydrogens (tertiary/aromatic N) is 3. The molecule has 2 aliphatic heterocycles. The maximum atomic E-state index is 13.3. The predicted octanol–water partition coefficient (Wildman–Crippen LogP) is 3.98. The molecule has 0 aliphatic carbocycles. The van der Waals surface area contributed by atoms with Crippen molar-refractivity contribution in [3.63, 3.8) is 0 Å². The Labute approximate surface area is 221 Å². The molecule has 0 spiro atoms. The van der Waals surface area contributed by atoms with Crippen molar-refractivity contribution in [2.45, 2.75) is 25.6 Å². The van der Waals surface area contributed by atoms with Crippen LogP contribution in [0.3, 0.4) is 0 Å². The Morgan fingerprint density at radius 3 is 2.79 bits per heavy atom. The maximum absolute atomic E-state index is 13.3. The third-order valence-electron chi connectivity index (χ3n) is 7.07. The molecule has 196 valence electrons. The van der Waals surface area contributed by atoms with Gasteiger partial charge >= 0.3 is 0 Å². The lowest BCUT2D eigenvalue weighted by Gasteiger charge is -2.27. The standard InChI is InChI=1S/C29H32N6O3/c36-29(32-22-4-1-3-20(17-22)19-38-23-8-10-30-11-9-23)24-5-2-6-25-27(24)34-28(33-25)21-7-12-31-26(18-21)35-13-15-37-16-14-35/h1-7,12,17-18,23,30H,8-11,13-16,19H2,(H,32,36)(H,33,34). The summed E-state index contributed by atoms with van der Waals surface area (Å²) in [6.07, 6.45) is 4.13. The number of ether oxygens (including phenoxy) is 2. The lowest BCUT2D eigenvalue weighted by atomic mass is 10.1. The number of pyridine rings is 1. The first-order valence-electron chi connectivity index (χ1n) is 13.2. The number of carbonyl (C=O) groups excluding carboxylic acids is 1. The molecule has 2 aliphatic rings. The molecule has 4 aromatic rings. The van der Waals surface area contributed by atoms with Gasteiger partial charge in [-0.05, 0) is 67.9 Å². The number of aromatic nitrogens is 3. The van der Waals surface area contributed by atoms with Crippen molar-refractivity contribution in [1.29, 1.82) is 0 Å². The predicted molar refractivity (Wildman–Crippen MR) is 147 cm³/mol. The minimum absolute atomic E-state index is 0.200. The zero-order valence-corrected chi connectivity index (χ0v) is 21.3. The van der Waals surface area contributed by atoms with Crippen molar-refractivity contribution >= 4 is 28.4 Å². The fraction of sp³-hybridized carbons (Fsp3) is 0.345. The number of rotatable bonds is 7. The number of aromatic amines is 1. The first-order chi connectivity index (χ1) is 18.7. The molecule has 1 amide bonds. The van der Waals surface area contributed by atoms with Crippen LogP contribution in [0.5, 0.6) is 0 Å². The van der Waals surface area contributed by atoms with Gasteiger partial charge in [-0.1, -0.05) is 18.2 Å². The number of para-hydroxylation sites is 1. The Balaban J connectivity index is 1.19. The van der Waals surface area contributed by atoms with E-state index in [1.807, 2.05) is 48.5 Å². The normalized spacial score (nSPS) is 16.6. The van der Waals surface area contributed by atoms with Gasteiger partial charge in [-0.2, -0.15) is 0 Å². The number of imidazole rings is 1. The molecule has 3 N–H and O–H groups in total. The summed E-state index contributed by atoms with van der Waals surface area (Å²) in [6.45, 7) is 5.55. The molecule has 0 unspecified atom stereocenters. The molecule has 0 saturated carbocycles. The van der Waals surface area contributed by atoms with Crippen molar-refractivity contribution in [3.8, 4) is 11.4 Å². The van der Waals surface area contributed by atoms with E-state index in [9.17, 15) is 4.79 Å². The summed E-state index contributed by atoms with van der Waals surface area (Å²) < 4.78 is 11.5. The van der Waals surface area contributed by atoms with Gasteiger partial charge in [0.1, 0.15) is 17.2 Å². The smallest absolute Gasteiger partial charge is 0.257 e. The summed E-state index contributed by atoms with van der Waals surface area (Å²) in [6, 6.07) is 17.4. The molecule has 0 atom stereocenters. The number of amides is 1. The quantitative estimate of drug-likeness (QED) is 0.344. The molecule has 0 radical (unpaired) electrons. The Bertz CT molecular complexity index is 1410. The van der Waals surface area contributed by atoms with Crippen molar-refractivity contribution in [1.82, 2.24) is 20.3 Å². The van der Waals surface area contributed by atoms with Gasteiger partial charge in [0.2, 0.25) is 0 Å². The van der Waals surface area contributed by atoms with Crippen molar-refractivity contribution in [2.75, 3.05) is 49.6 Å². The van der Waals surface area contributed by atoms with Gasteiger partial charge in [0.15, 0.2) is 0 Å². The number of fused-ring (bicyclic) bond motifs is 1. The molecule has 2 aromatic heterocycles. The second-order valence-corrected chi connectivity index (χ2v) is 9.70. The first-order valence-corrected chi connectivity index (χ1v) is 13.2. The molecule has 38 heavy (non-hydrogen) atoms. The maximum Gasteiger partial charge on any atom is 0.257 e. The van der Waals surface area contributed by atoms with Gasteiger partial charge in [-0.25, -0.2) is 9.97 Å². The summed E-state index contributed by atoms with van der Waals surface area (Å²) in [4.78, 5) is 28.3. The number of H-pyrrole nitrogens is 1. The van der Waals surface area contributed by atoms with Crippen LogP contribution in [0.1, 0.15) is 28.8 Å². The number of anilines is 2. The fourth-order valence-electron chi connectivity index (χ4n) is 5.00. The van der Waals surface area contributed by atoms with Crippen molar-refractivity contribution < 1.29 is 14.3 Å². The first kappa shape index (κ1) is 24.5. The summed E-state index contributed by atoms with van der Waals surface area (Å²) in [5.74, 6) is 1.40. The second-order valence-electron chi connectivity index (χ2n) is 9.70. The zero-order chi connectivity index (χ0) is 25.7. The van der Waals surface area contributed by atoms with Gasteiger partial charge < -0.3 is 30.0 Å². The highest BCUT2D eigenvalue weighted by Gasteiger charge is 2.18. The Kier molecular flexibility index (Phi) is 7.30. The van der Waals surface area contributed by atoms with Crippen molar-refractivity contribution in [2.24, 2.45) is 0 Å². The monoisotopic (exact) mass is 512 g/mol. The van der Waals surface area contributed by atoms with E-state index in [0.717, 1.165) is 67.2 Å². The van der Waals surface area contributed by atoms with Gasteiger partial charge in [-0.3, -0.25) is 4.79 Å². The lowest BCUT2D eigenvalue weighted by Crippen LogP contribution is -2.36. The molecular formula is C29H32N6O3. The molecule has 0 bridgehead atoms. The van der Waals surface area contributed by atoms with E-state index in [1.54, 1.807) is 12.3 Å². The minimum atomic E-state index is -0.200. The van der Waals surface area contributed by atoms with Crippen molar-refractivity contribution in [3.05, 3.63) is 71.9 Å². The van der Waals surface area contributed by atoms with Crippen LogP contribution in [-0.2, 0) is 16.1 Å². The summed E-state index contributed by atoms with van der Waals surface area (Å²) >= 11 is 0. The number of piperidine rings is 1. The molecule has 9 nitrogen and oxygen atoms in total. The molecular weight excluding hydrogens is 480 g/mol. The molecule has 4 heterocycles. The fourth-order valence-corrected chi connectivity index (χ4v) is 5.00. The van der Waals surface area contributed by atoms with Crippen LogP contribution in [0.15, 0.2) is 60.8 Å². The molecule has 2 fully saturated rings. The number of carbonyl (C=O) groups is 1. The average molecular weight is 513 g/mol. The van der Waals surface area contributed by atoms with Crippen LogP contribution in [-0.4, -0.2) is 66.4 Å². The van der Waals surface area contributed by atoms with E-state index in [2.05, 4.69) is 25.5 Å². The van der Waals surface area contributed by atoms with Crippen LogP contribution >= 0.6 is 0 Å². The molecule has 2 saturated heterocycles. The molecule has 6 rings (SSSR count). The average Bonchev–Trinajstić information content (AvgIpc) is 3.42. The Hall–Kier alpha value is -3.79. The summed E-state index contributed by atoms with van der Waals surface area (Å²) in [5.41, 5.74) is 4.65. The number of morpholine rings is 1. The summed E-state index contributed by atoms with van der Waals surface area (Å²) in [5, 5.41) is 6.40. The van der Waals surface area contributed by atoms with Gasteiger partial charge in [0.25, 0.3) is 5.91 Å². The molecule has 9 heteroatoms. The van der Waals surface area contributed by atoms with E-state index in [-0.39, 0.29) is 12.0 Å². The largest absolute Gasteiger partial charge is 0.378 e. The SMILES string of the molecule is O=C(Nc1cccc(COC2CCNCC2)c1)c1cccc2[nH]c(-c3ccnc(N4CCOCC4)c3)nc12. The molecule has 2 aromatic carbocycles. The highest BCUT2D eigenvalue weighted by molar-refractivity contribution is 6.11. The van der Waals surface area contributed by atoms with Crippen LogP contribution in [0.2, 0.25) is 0 Å². The second kappa shape index (κ2) is 11.3. The summed E-state index contributed by atoms with van der Waals surface area (Å²) in [7, 11) is 0. The van der Waals surface area contributed by atoms with E-state index in [1.165, 1.54) is 0 Å². The Morgan fingerprint density at radius 1 is 1.08 bits per heavy atom. The number of hydrogen-bond donors (Lipinski definition) is 3. The third kappa shape index (κ3) is 5.55. The topological polar surface area (TPSA) is 104 Å². The van der Waals surface area contributed by atoms with Gasteiger partial charge in [-0.15, -0.1) is 0 Å². The minimum Gasteiger partial charge on any atom is -0.378 e. The van der Waals surface area contributed by atoms with Crippen LogP contribution < -0.4 is 15.5 Å². The van der Waals surface area contributed by atoms with Crippen LogP contribution in [0, 0.1) is 0 Å². The van der Waals surface area contributed by atoms with E-state index < -0.39 is 0 Å². The zero-order valence-electron chi connectivity index (χ0n) is 21.3. The third-order valence-corrected chi connectivity index (χ3v) is 7.07. The van der Waals surface area contributed by atoms with E-state index in [0.29, 0.717) is 36.7 Å².